The molecular weight excluding hydrogens is 347 g/mol. The zero-order valence-corrected chi connectivity index (χ0v) is 14.4. The van der Waals surface area contributed by atoms with Crippen molar-refractivity contribution < 1.29 is 22.6 Å². The zero-order chi connectivity index (χ0) is 19.2. The highest BCUT2D eigenvalue weighted by Gasteiger charge is 2.30. The van der Waals surface area contributed by atoms with Crippen LogP contribution < -0.4 is 20.5 Å². The summed E-state index contributed by atoms with van der Waals surface area (Å²) in [7, 11) is 1.62. The number of alkyl halides is 3. The summed E-state index contributed by atoms with van der Waals surface area (Å²) < 4.78 is 45.4. The number of aliphatic imine (C=N–C) groups is 1. The second kappa shape index (κ2) is 8.46. The van der Waals surface area contributed by atoms with Gasteiger partial charge in [-0.05, 0) is 54.8 Å². The zero-order valence-electron chi connectivity index (χ0n) is 14.4. The van der Waals surface area contributed by atoms with Crippen molar-refractivity contribution in [3.8, 4) is 11.5 Å². The molecule has 0 fully saturated rings. The third kappa shape index (κ3) is 6.19. The van der Waals surface area contributed by atoms with E-state index in [0.717, 1.165) is 16.9 Å². The van der Waals surface area contributed by atoms with Crippen LogP contribution in [0.2, 0.25) is 0 Å². The smallest absolute Gasteiger partial charge is 0.496 e. The predicted octanol–water partition coefficient (Wildman–Crippen LogP) is 3.87. The normalized spacial score (nSPS) is 12.0. The van der Waals surface area contributed by atoms with Crippen molar-refractivity contribution in [1.29, 1.82) is 0 Å². The number of rotatable bonds is 6. The number of methoxy groups -OCH3 is 1. The maximum absolute atomic E-state index is 12.1. The second-order valence-corrected chi connectivity index (χ2v) is 5.52. The number of guanidine groups is 1. The Bertz CT molecular complexity index is 759. The lowest BCUT2D eigenvalue weighted by atomic mass is 10.1. The Hall–Kier alpha value is -2.90. The van der Waals surface area contributed by atoms with Gasteiger partial charge >= 0.3 is 6.36 Å². The maximum Gasteiger partial charge on any atom is 0.573 e. The minimum Gasteiger partial charge on any atom is -0.496 e. The first-order valence-electron chi connectivity index (χ1n) is 7.83. The van der Waals surface area contributed by atoms with Crippen LogP contribution in [0.5, 0.6) is 11.5 Å². The highest BCUT2D eigenvalue weighted by atomic mass is 19.4. The molecule has 0 saturated heterocycles. The molecule has 140 valence electrons. The molecule has 0 spiro atoms. The fraction of sp³-hybridized carbons (Fsp3) is 0.278. The molecule has 3 N–H and O–H groups in total. The first kappa shape index (κ1) is 19.4. The van der Waals surface area contributed by atoms with Gasteiger partial charge in [0.2, 0.25) is 0 Å². The Balaban J connectivity index is 1.88. The SMILES string of the molecule is COc1cc(CCN=C(N)Nc2ccc(OC(F)(F)F)cc2)ccc1C. The van der Waals surface area contributed by atoms with Crippen LogP contribution in [0.25, 0.3) is 0 Å². The number of halogens is 3. The number of ether oxygens (including phenoxy) is 2. The molecule has 2 aromatic rings. The molecule has 0 radical (unpaired) electrons. The van der Waals surface area contributed by atoms with Crippen LogP contribution >= 0.6 is 0 Å². The Labute approximate surface area is 149 Å². The van der Waals surface area contributed by atoms with Gasteiger partial charge < -0.3 is 20.5 Å². The van der Waals surface area contributed by atoms with Crippen molar-refractivity contribution in [2.75, 3.05) is 19.0 Å². The summed E-state index contributed by atoms with van der Waals surface area (Å²) in [5, 5.41) is 2.82. The van der Waals surface area contributed by atoms with Crippen LogP contribution in [-0.2, 0) is 6.42 Å². The molecule has 2 aromatic carbocycles. The average molecular weight is 367 g/mol. The number of nitrogens with two attached hydrogens (primary N) is 1. The molecule has 0 unspecified atom stereocenters. The van der Waals surface area contributed by atoms with E-state index in [-0.39, 0.29) is 11.7 Å². The quantitative estimate of drug-likeness (QED) is 0.601. The lowest BCUT2D eigenvalue weighted by Crippen LogP contribution is -2.23. The van der Waals surface area contributed by atoms with Crippen molar-refractivity contribution in [3.05, 3.63) is 53.6 Å². The van der Waals surface area contributed by atoms with Gasteiger partial charge in [0, 0.05) is 12.2 Å². The third-order valence-corrected chi connectivity index (χ3v) is 3.52. The molecule has 5 nitrogen and oxygen atoms in total. The molecule has 0 bridgehead atoms. The van der Waals surface area contributed by atoms with Crippen molar-refractivity contribution in [3.63, 3.8) is 0 Å². The van der Waals surface area contributed by atoms with E-state index in [1.54, 1.807) is 7.11 Å². The highest BCUT2D eigenvalue weighted by Crippen LogP contribution is 2.24. The van der Waals surface area contributed by atoms with E-state index in [1.807, 2.05) is 25.1 Å². The molecule has 0 aliphatic rings. The van der Waals surface area contributed by atoms with E-state index >= 15 is 0 Å². The van der Waals surface area contributed by atoms with Crippen LogP contribution in [0.3, 0.4) is 0 Å². The number of benzene rings is 2. The van der Waals surface area contributed by atoms with Crippen molar-refractivity contribution in [1.82, 2.24) is 0 Å². The molecule has 0 aliphatic carbocycles. The van der Waals surface area contributed by atoms with Crippen molar-refractivity contribution >= 4 is 11.6 Å². The standard InChI is InChI=1S/C18H20F3N3O2/c1-12-3-4-13(11-16(12)25-2)9-10-23-17(22)24-14-5-7-15(8-6-14)26-18(19,20)21/h3-8,11H,9-10H2,1-2H3,(H3,22,23,24). The summed E-state index contributed by atoms with van der Waals surface area (Å²) in [5.74, 6) is 0.694. The topological polar surface area (TPSA) is 68.9 Å². The van der Waals surface area contributed by atoms with Gasteiger partial charge in [0.25, 0.3) is 0 Å². The summed E-state index contributed by atoms with van der Waals surface area (Å²) in [6, 6.07) is 11.2. The van der Waals surface area contributed by atoms with Gasteiger partial charge in [-0.25, -0.2) is 0 Å². The Morgan fingerprint density at radius 3 is 2.46 bits per heavy atom. The maximum atomic E-state index is 12.1. The number of hydrogen-bond donors (Lipinski definition) is 2. The van der Waals surface area contributed by atoms with E-state index in [1.165, 1.54) is 24.3 Å². The largest absolute Gasteiger partial charge is 0.573 e. The fourth-order valence-electron chi connectivity index (χ4n) is 2.25. The molecule has 2 rings (SSSR count). The lowest BCUT2D eigenvalue weighted by Gasteiger charge is -2.10. The van der Waals surface area contributed by atoms with Crippen LogP contribution in [0.1, 0.15) is 11.1 Å². The first-order chi connectivity index (χ1) is 12.3. The van der Waals surface area contributed by atoms with Gasteiger partial charge in [0.15, 0.2) is 5.96 Å². The van der Waals surface area contributed by atoms with Crippen LogP contribution in [0, 0.1) is 6.92 Å². The fourth-order valence-corrected chi connectivity index (χ4v) is 2.25. The Kier molecular flexibility index (Phi) is 6.32. The van der Waals surface area contributed by atoms with E-state index in [9.17, 15) is 13.2 Å². The van der Waals surface area contributed by atoms with Gasteiger partial charge in [-0.15, -0.1) is 13.2 Å². The molecule has 0 saturated carbocycles. The van der Waals surface area contributed by atoms with Crippen molar-refractivity contribution in [2.24, 2.45) is 10.7 Å². The molecule has 0 aromatic heterocycles. The summed E-state index contributed by atoms with van der Waals surface area (Å²) in [4.78, 5) is 4.21. The van der Waals surface area contributed by atoms with Crippen LogP contribution in [-0.4, -0.2) is 26.0 Å². The highest BCUT2D eigenvalue weighted by molar-refractivity contribution is 5.92. The average Bonchev–Trinajstić information content (AvgIpc) is 2.57. The van der Waals surface area contributed by atoms with Gasteiger partial charge in [-0.1, -0.05) is 12.1 Å². The molecule has 0 amide bonds. The molecule has 0 heterocycles. The minimum absolute atomic E-state index is 0.175. The number of hydrogen-bond acceptors (Lipinski definition) is 3. The summed E-state index contributed by atoms with van der Waals surface area (Å²) in [6.45, 7) is 2.42. The van der Waals surface area contributed by atoms with Crippen LogP contribution in [0.4, 0.5) is 18.9 Å². The first-order valence-corrected chi connectivity index (χ1v) is 7.83. The van der Waals surface area contributed by atoms with E-state index in [2.05, 4.69) is 15.0 Å². The van der Waals surface area contributed by atoms with Gasteiger partial charge in [0.1, 0.15) is 11.5 Å². The van der Waals surface area contributed by atoms with Gasteiger partial charge in [0.05, 0.1) is 7.11 Å². The second-order valence-electron chi connectivity index (χ2n) is 5.52. The predicted molar refractivity (Wildman–Crippen MR) is 94.7 cm³/mol. The molecule has 8 heteroatoms. The van der Waals surface area contributed by atoms with Gasteiger partial charge in [-0.3, -0.25) is 4.99 Å². The number of nitrogens with zero attached hydrogens (tertiary/aromatic N) is 1. The molecular formula is C18H20F3N3O2. The number of anilines is 1. The third-order valence-electron chi connectivity index (χ3n) is 3.52. The van der Waals surface area contributed by atoms with Crippen LogP contribution in [0.15, 0.2) is 47.5 Å². The summed E-state index contributed by atoms with van der Waals surface area (Å²) in [6.07, 6.45) is -4.04. The number of nitrogens with one attached hydrogen (secondary N) is 1. The van der Waals surface area contributed by atoms with Gasteiger partial charge in [-0.2, -0.15) is 0 Å². The molecule has 0 atom stereocenters. The molecule has 0 aliphatic heterocycles. The van der Waals surface area contributed by atoms with E-state index in [4.69, 9.17) is 10.5 Å². The summed E-state index contributed by atoms with van der Waals surface area (Å²) in [5.41, 5.74) is 8.43. The Morgan fingerprint density at radius 1 is 1.15 bits per heavy atom. The minimum atomic E-state index is -4.71. The summed E-state index contributed by atoms with van der Waals surface area (Å²) >= 11 is 0. The van der Waals surface area contributed by atoms with Crippen molar-refractivity contribution in [2.45, 2.75) is 19.7 Å². The number of aryl methyl sites for hydroxylation is 1. The monoisotopic (exact) mass is 367 g/mol. The molecule has 26 heavy (non-hydrogen) atoms. The lowest BCUT2D eigenvalue weighted by molar-refractivity contribution is -0.274. The van der Waals surface area contributed by atoms with E-state index < -0.39 is 6.36 Å². The van der Waals surface area contributed by atoms with E-state index in [0.29, 0.717) is 18.7 Å². The Morgan fingerprint density at radius 2 is 1.85 bits per heavy atom.